The Labute approximate surface area is 113 Å². The minimum Gasteiger partial charge on any atom is -0.504 e. The maximum atomic E-state index is 9.74. The SMILES string of the molecule is COc1ccc(CCc2ccccc2OC)cc1O. The van der Waals surface area contributed by atoms with Crippen molar-refractivity contribution < 1.29 is 14.6 Å². The molecule has 0 atom stereocenters. The molecule has 3 heteroatoms. The van der Waals surface area contributed by atoms with Crippen LogP contribution in [0.3, 0.4) is 0 Å². The number of phenols is 1. The summed E-state index contributed by atoms with van der Waals surface area (Å²) < 4.78 is 10.4. The third-order valence-corrected chi connectivity index (χ3v) is 3.12. The molecule has 0 aliphatic heterocycles. The van der Waals surface area contributed by atoms with Gasteiger partial charge in [0.1, 0.15) is 5.75 Å². The number of aromatic hydroxyl groups is 1. The summed E-state index contributed by atoms with van der Waals surface area (Å²) in [5.41, 5.74) is 2.24. The molecule has 19 heavy (non-hydrogen) atoms. The fourth-order valence-corrected chi connectivity index (χ4v) is 2.08. The van der Waals surface area contributed by atoms with Crippen molar-refractivity contribution >= 4 is 0 Å². The zero-order chi connectivity index (χ0) is 13.7. The van der Waals surface area contributed by atoms with E-state index >= 15 is 0 Å². The molecule has 0 radical (unpaired) electrons. The molecule has 0 saturated carbocycles. The van der Waals surface area contributed by atoms with Crippen LogP contribution in [0.4, 0.5) is 0 Å². The van der Waals surface area contributed by atoms with Crippen molar-refractivity contribution in [3.63, 3.8) is 0 Å². The average molecular weight is 258 g/mol. The van der Waals surface area contributed by atoms with Gasteiger partial charge in [-0.05, 0) is 42.2 Å². The van der Waals surface area contributed by atoms with Gasteiger partial charge in [-0.25, -0.2) is 0 Å². The van der Waals surface area contributed by atoms with Crippen molar-refractivity contribution in [1.29, 1.82) is 0 Å². The van der Waals surface area contributed by atoms with E-state index in [0.717, 1.165) is 24.2 Å². The molecule has 0 spiro atoms. The highest BCUT2D eigenvalue weighted by Gasteiger charge is 2.05. The second-order valence-electron chi connectivity index (χ2n) is 4.32. The maximum Gasteiger partial charge on any atom is 0.160 e. The number of benzene rings is 2. The van der Waals surface area contributed by atoms with E-state index in [1.165, 1.54) is 5.56 Å². The van der Waals surface area contributed by atoms with Crippen molar-refractivity contribution in [2.24, 2.45) is 0 Å². The number of phenolic OH excluding ortho intramolecular Hbond substituents is 1. The molecule has 0 amide bonds. The van der Waals surface area contributed by atoms with Gasteiger partial charge in [0.2, 0.25) is 0 Å². The molecule has 2 rings (SSSR count). The van der Waals surface area contributed by atoms with Crippen LogP contribution in [0.1, 0.15) is 11.1 Å². The highest BCUT2D eigenvalue weighted by Crippen LogP contribution is 2.27. The summed E-state index contributed by atoms with van der Waals surface area (Å²) in [6, 6.07) is 13.5. The Morgan fingerprint density at radius 3 is 2.32 bits per heavy atom. The molecular formula is C16H18O3. The molecule has 0 unspecified atom stereocenters. The first kappa shape index (κ1) is 13.3. The quantitative estimate of drug-likeness (QED) is 0.895. The number of ether oxygens (including phenoxy) is 2. The van der Waals surface area contributed by atoms with Crippen LogP contribution in [0.2, 0.25) is 0 Å². The summed E-state index contributed by atoms with van der Waals surface area (Å²) in [4.78, 5) is 0. The van der Waals surface area contributed by atoms with Crippen molar-refractivity contribution in [1.82, 2.24) is 0 Å². The molecule has 1 N–H and O–H groups in total. The number of para-hydroxylation sites is 1. The van der Waals surface area contributed by atoms with Crippen LogP contribution in [0, 0.1) is 0 Å². The Morgan fingerprint density at radius 2 is 1.63 bits per heavy atom. The highest BCUT2D eigenvalue weighted by molar-refractivity contribution is 5.42. The summed E-state index contributed by atoms with van der Waals surface area (Å²) in [7, 11) is 3.22. The number of rotatable bonds is 5. The number of hydrogen-bond acceptors (Lipinski definition) is 3. The van der Waals surface area contributed by atoms with Crippen LogP contribution in [-0.4, -0.2) is 19.3 Å². The lowest BCUT2D eigenvalue weighted by atomic mass is 10.0. The van der Waals surface area contributed by atoms with Gasteiger partial charge >= 0.3 is 0 Å². The van der Waals surface area contributed by atoms with E-state index < -0.39 is 0 Å². The van der Waals surface area contributed by atoms with Gasteiger partial charge in [-0.2, -0.15) is 0 Å². The van der Waals surface area contributed by atoms with Crippen molar-refractivity contribution in [2.75, 3.05) is 14.2 Å². The van der Waals surface area contributed by atoms with Gasteiger partial charge in [0.25, 0.3) is 0 Å². The molecule has 0 fully saturated rings. The van der Waals surface area contributed by atoms with Crippen LogP contribution in [0.15, 0.2) is 42.5 Å². The van der Waals surface area contributed by atoms with Crippen LogP contribution >= 0.6 is 0 Å². The topological polar surface area (TPSA) is 38.7 Å². The second kappa shape index (κ2) is 6.14. The molecular weight excluding hydrogens is 240 g/mol. The minimum atomic E-state index is 0.181. The van der Waals surface area contributed by atoms with Crippen LogP contribution in [0.5, 0.6) is 17.2 Å². The third kappa shape index (κ3) is 3.19. The van der Waals surface area contributed by atoms with Crippen LogP contribution in [0.25, 0.3) is 0 Å². The first-order valence-corrected chi connectivity index (χ1v) is 6.22. The van der Waals surface area contributed by atoms with Crippen molar-refractivity contribution in [3.05, 3.63) is 53.6 Å². The van der Waals surface area contributed by atoms with Crippen molar-refractivity contribution in [3.8, 4) is 17.2 Å². The van der Waals surface area contributed by atoms with E-state index in [9.17, 15) is 5.11 Å². The van der Waals surface area contributed by atoms with E-state index in [2.05, 4.69) is 6.07 Å². The Morgan fingerprint density at radius 1 is 0.895 bits per heavy atom. The Balaban J connectivity index is 2.08. The van der Waals surface area contributed by atoms with E-state index in [0.29, 0.717) is 5.75 Å². The summed E-state index contributed by atoms with van der Waals surface area (Å²) in [6.07, 6.45) is 1.72. The number of aryl methyl sites for hydroxylation is 2. The van der Waals surface area contributed by atoms with Crippen molar-refractivity contribution in [2.45, 2.75) is 12.8 Å². The van der Waals surface area contributed by atoms with E-state index in [-0.39, 0.29) is 5.75 Å². The Hall–Kier alpha value is -2.16. The van der Waals surface area contributed by atoms with E-state index in [4.69, 9.17) is 9.47 Å². The number of methoxy groups -OCH3 is 2. The fourth-order valence-electron chi connectivity index (χ4n) is 2.08. The standard InChI is InChI=1S/C16H18O3/c1-18-15-6-4-3-5-13(15)9-7-12-8-10-16(19-2)14(17)11-12/h3-6,8,10-11,17H,7,9H2,1-2H3. The van der Waals surface area contributed by atoms with E-state index in [1.807, 2.05) is 24.3 Å². The summed E-state index contributed by atoms with van der Waals surface area (Å²) in [6.45, 7) is 0. The zero-order valence-corrected chi connectivity index (χ0v) is 11.2. The Bertz CT molecular complexity index is 549. The molecule has 100 valence electrons. The predicted octanol–water partition coefficient (Wildman–Crippen LogP) is 3.19. The zero-order valence-electron chi connectivity index (χ0n) is 11.2. The van der Waals surface area contributed by atoms with Gasteiger partial charge in [-0.3, -0.25) is 0 Å². The molecule has 0 heterocycles. The van der Waals surface area contributed by atoms with Gasteiger partial charge in [-0.15, -0.1) is 0 Å². The molecule has 0 bridgehead atoms. The van der Waals surface area contributed by atoms with Gasteiger partial charge in [0.05, 0.1) is 14.2 Å². The second-order valence-corrected chi connectivity index (χ2v) is 4.32. The molecule has 0 aliphatic carbocycles. The Kier molecular flexibility index (Phi) is 4.29. The molecule has 3 nitrogen and oxygen atoms in total. The first-order valence-electron chi connectivity index (χ1n) is 6.22. The average Bonchev–Trinajstić information content (AvgIpc) is 2.45. The van der Waals surface area contributed by atoms with Gasteiger partial charge < -0.3 is 14.6 Å². The summed E-state index contributed by atoms with van der Waals surface area (Å²) in [5.74, 6) is 1.58. The normalized spacial score (nSPS) is 10.2. The lowest BCUT2D eigenvalue weighted by molar-refractivity contribution is 0.373. The highest BCUT2D eigenvalue weighted by atomic mass is 16.5. The molecule has 0 saturated heterocycles. The number of hydrogen-bond donors (Lipinski definition) is 1. The molecule has 2 aromatic rings. The van der Waals surface area contributed by atoms with Gasteiger partial charge in [-0.1, -0.05) is 24.3 Å². The summed E-state index contributed by atoms with van der Waals surface area (Å²) in [5, 5.41) is 9.74. The predicted molar refractivity (Wildman–Crippen MR) is 75.1 cm³/mol. The summed E-state index contributed by atoms with van der Waals surface area (Å²) >= 11 is 0. The lowest BCUT2D eigenvalue weighted by Gasteiger charge is -2.09. The van der Waals surface area contributed by atoms with Gasteiger partial charge in [0.15, 0.2) is 11.5 Å². The molecule has 0 aromatic heterocycles. The van der Waals surface area contributed by atoms with E-state index in [1.54, 1.807) is 26.4 Å². The maximum absolute atomic E-state index is 9.74. The van der Waals surface area contributed by atoms with Crippen LogP contribution in [-0.2, 0) is 12.8 Å². The largest absolute Gasteiger partial charge is 0.504 e. The lowest BCUT2D eigenvalue weighted by Crippen LogP contribution is -1.95. The molecule has 0 aliphatic rings. The third-order valence-electron chi connectivity index (χ3n) is 3.12. The first-order chi connectivity index (χ1) is 9.24. The monoisotopic (exact) mass is 258 g/mol. The molecule has 2 aromatic carbocycles. The van der Waals surface area contributed by atoms with Gasteiger partial charge in [0, 0.05) is 0 Å². The van der Waals surface area contributed by atoms with Crippen LogP contribution < -0.4 is 9.47 Å². The fraction of sp³-hybridized carbons (Fsp3) is 0.250. The minimum absolute atomic E-state index is 0.181. The smallest absolute Gasteiger partial charge is 0.160 e.